The highest BCUT2D eigenvalue weighted by atomic mass is 32.2. The Morgan fingerprint density at radius 2 is 1.90 bits per heavy atom. The highest BCUT2D eigenvalue weighted by Gasteiger charge is 2.22. The predicted molar refractivity (Wildman–Crippen MR) is 154 cm³/mol. The number of carbonyl (C=O) groups is 1. The SMILES string of the molecule is COc1cccc(C(=O)NS(=O)(=O)c2cccc(-c3ccc4c(c3)CCC(CNC[C@H](O)c3cccnc3)O4)c2)c1. The Kier molecular flexibility index (Phi) is 8.63. The summed E-state index contributed by atoms with van der Waals surface area (Å²) in [5.41, 5.74) is 3.53. The Hall–Kier alpha value is -4.25. The first kappa shape index (κ1) is 28.3. The Labute approximate surface area is 239 Å². The van der Waals surface area contributed by atoms with Crippen LogP contribution in [0.3, 0.4) is 0 Å². The molecule has 1 aromatic heterocycles. The number of amides is 1. The molecule has 1 unspecified atom stereocenters. The molecule has 0 spiro atoms. The number of methoxy groups -OCH3 is 1. The molecule has 3 aromatic carbocycles. The molecule has 5 rings (SSSR count). The quantitative estimate of drug-likeness (QED) is 0.261. The number of aromatic nitrogens is 1. The van der Waals surface area contributed by atoms with Gasteiger partial charge >= 0.3 is 0 Å². The number of fused-ring (bicyclic) bond motifs is 1. The number of aliphatic hydroxyl groups is 1. The first-order chi connectivity index (χ1) is 19.8. The van der Waals surface area contributed by atoms with Crippen molar-refractivity contribution in [1.82, 2.24) is 15.0 Å². The van der Waals surface area contributed by atoms with Gasteiger partial charge in [-0.2, -0.15) is 0 Å². The lowest BCUT2D eigenvalue weighted by Gasteiger charge is -2.27. The van der Waals surface area contributed by atoms with E-state index in [1.54, 1.807) is 42.7 Å². The maximum Gasteiger partial charge on any atom is 0.265 e. The third-order valence-corrected chi connectivity index (χ3v) is 8.23. The molecule has 2 heterocycles. The van der Waals surface area contributed by atoms with Gasteiger partial charge < -0.3 is 19.9 Å². The van der Waals surface area contributed by atoms with Gasteiger partial charge in [0, 0.05) is 36.6 Å². The largest absolute Gasteiger partial charge is 0.497 e. The Balaban J connectivity index is 1.22. The summed E-state index contributed by atoms with van der Waals surface area (Å²) in [5, 5.41) is 13.6. The van der Waals surface area contributed by atoms with E-state index in [-0.39, 0.29) is 16.6 Å². The van der Waals surface area contributed by atoms with E-state index in [0.717, 1.165) is 35.3 Å². The van der Waals surface area contributed by atoms with Gasteiger partial charge in [0.05, 0.1) is 18.1 Å². The van der Waals surface area contributed by atoms with E-state index in [0.29, 0.717) is 24.4 Å². The fourth-order valence-corrected chi connectivity index (χ4v) is 5.71. The van der Waals surface area contributed by atoms with Crippen LogP contribution in [0.5, 0.6) is 11.5 Å². The third-order valence-electron chi connectivity index (χ3n) is 6.91. The van der Waals surface area contributed by atoms with E-state index in [1.165, 1.54) is 25.3 Å². The molecule has 10 heteroatoms. The summed E-state index contributed by atoms with van der Waals surface area (Å²) in [7, 11) is -2.64. The average Bonchev–Trinajstić information content (AvgIpc) is 3.01. The van der Waals surface area contributed by atoms with Crippen molar-refractivity contribution in [3.63, 3.8) is 0 Å². The standard InChI is InChI=1S/C31H31N3O6S/c1-39-26-8-2-6-24(16-26)31(36)34-41(37,38)28-9-3-5-21(17-28)22-11-13-30-23(15-22)10-12-27(40-30)19-33-20-29(35)25-7-4-14-32-18-25/h2-9,11,13-18,27,29,33,35H,10,12,19-20H2,1H3,(H,34,36)/t27?,29-/m0/s1. The van der Waals surface area contributed by atoms with Gasteiger partial charge in [0.25, 0.3) is 15.9 Å². The minimum Gasteiger partial charge on any atom is -0.497 e. The predicted octanol–water partition coefficient (Wildman–Crippen LogP) is 3.89. The van der Waals surface area contributed by atoms with Crippen molar-refractivity contribution in [2.45, 2.75) is 29.9 Å². The molecular weight excluding hydrogens is 542 g/mol. The zero-order chi connectivity index (χ0) is 28.8. The second-order valence-electron chi connectivity index (χ2n) is 9.76. The molecule has 0 aliphatic carbocycles. The monoisotopic (exact) mass is 573 g/mol. The molecule has 0 radical (unpaired) electrons. The molecule has 1 aliphatic heterocycles. The first-order valence-corrected chi connectivity index (χ1v) is 14.7. The van der Waals surface area contributed by atoms with E-state index in [2.05, 4.69) is 15.0 Å². The number of rotatable bonds is 10. The third kappa shape index (κ3) is 6.91. The number of carbonyl (C=O) groups excluding carboxylic acids is 1. The van der Waals surface area contributed by atoms with Crippen molar-refractivity contribution < 1.29 is 27.8 Å². The van der Waals surface area contributed by atoms with E-state index in [4.69, 9.17) is 9.47 Å². The summed E-state index contributed by atoms with van der Waals surface area (Å²) in [5.74, 6) is 0.500. The van der Waals surface area contributed by atoms with Crippen LogP contribution in [0.2, 0.25) is 0 Å². The molecule has 3 N–H and O–H groups in total. The van der Waals surface area contributed by atoms with Crippen LogP contribution in [-0.2, 0) is 16.4 Å². The molecule has 1 amide bonds. The minimum absolute atomic E-state index is 0.0140. The smallest absolute Gasteiger partial charge is 0.265 e. The Bertz CT molecular complexity index is 1630. The summed E-state index contributed by atoms with van der Waals surface area (Å²) in [6, 6.07) is 22.2. The molecule has 212 valence electrons. The number of pyridine rings is 1. The number of sulfonamides is 1. The van der Waals surface area contributed by atoms with Gasteiger partial charge in [-0.25, -0.2) is 13.1 Å². The van der Waals surface area contributed by atoms with Crippen LogP contribution in [0, 0.1) is 0 Å². The van der Waals surface area contributed by atoms with Crippen molar-refractivity contribution in [3.05, 3.63) is 108 Å². The summed E-state index contributed by atoms with van der Waals surface area (Å²) < 4.78 is 39.5. The molecule has 2 atom stereocenters. The number of ether oxygens (including phenoxy) is 2. The zero-order valence-corrected chi connectivity index (χ0v) is 23.3. The molecule has 0 bridgehead atoms. The summed E-state index contributed by atoms with van der Waals surface area (Å²) >= 11 is 0. The van der Waals surface area contributed by atoms with Gasteiger partial charge in [0.1, 0.15) is 17.6 Å². The first-order valence-electron chi connectivity index (χ1n) is 13.2. The number of nitrogens with one attached hydrogen (secondary N) is 2. The average molecular weight is 574 g/mol. The van der Waals surface area contributed by atoms with Crippen LogP contribution in [0.4, 0.5) is 0 Å². The fraction of sp³-hybridized carbons (Fsp3) is 0.226. The molecule has 1 aliphatic rings. The normalized spacial score (nSPS) is 15.3. The second kappa shape index (κ2) is 12.5. The van der Waals surface area contributed by atoms with Crippen LogP contribution >= 0.6 is 0 Å². The molecule has 4 aromatic rings. The van der Waals surface area contributed by atoms with Gasteiger partial charge in [0.2, 0.25) is 0 Å². The molecule has 9 nitrogen and oxygen atoms in total. The molecular formula is C31H31N3O6S. The molecule has 0 saturated heterocycles. The second-order valence-corrected chi connectivity index (χ2v) is 11.4. The number of hydrogen-bond acceptors (Lipinski definition) is 8. The van der Waals surface area contributed by atoms with Crippen molar-refractivity contribution in [2.75, 3.05) is 20.2 Å². The maximum absolute atomic E-state index is 13.0. The highest BCUT2D eigenvalue weighted by molar-refractivity contribution is 7.90. The fourth-order valence-electron chi connectivity index (χ4n) is 4.69. The topological polar surface area (TPSA) is 127 Å². The summed E-state index contributed by atoms with van der Waals surface area (Å²) in [6.45, 7) is 0.997. The number of nitrogens with zero attached hydrogens (tertiary/aromatic N) is 1. The lowest BCUT2D eigenvalue weighted by Crippen LogP contribution is -2.36. The lowest BCUT2D eigenvalue weighted by molar-refractivity contribution is 0.0981. The number of hydrogen-bond donors (Lipinski definition) is 3. The van der Waals surface area contributed by atoms with Crippen molar-refractivity contribution in [2.24, 2.45) is 0 Å². The molecule has 0 fully saturated rings. The van der Waals surface area contributed by atoms with Crippen molar-refractivity contribution >= 4 is 15.9 Å². The number of aliphatic hydroxyl groups excluding tert-OH is 1. The minimum atomic E-state index is -4.11. The zero-order valence-electron chi connectivity index (χ0n) is 22.5. The van der Waals surface area contributed by atoms with Crippen LogP contribution in [0.1, 0.15) is 34.0 Å². The van der Waals surface area contributed by atoms with E-state index in [9.17, 15) is 18.3 Å². The van der Waals surface area contributed by atoms with Crippen LogP contribution < -0.4 is 19.5 Å². The Morgan fingerprint density at radius 3 is 2.71 bits per heavy atom. The van der Waals surface area contributed by atoms with Gasteiger partial charge in [-0.3, -0.25) is 9.78 Å². The van der Waals surface area contributed by atoms with Gasteiger partial charge in [-0.05, 0) is 78.1 Å². The lowest BCUT2D eigenvalue weighted by atomic mass is 9.97. The highest BCUT2D eigenvalue weighted by Crippen LogP contribution is 2.32. The van der Waals surface area contributed by atoms with E-state index in [1.807, 2.05) is 30.3 Å². The van der Waals surface area contributed by atoms with E-state index < -0.39 is 22.0 Å². The van der Waals surface area contributed by atoms with Gasteiger partial charge in [-0.1, -0.05) is 30.3 Å². The molecule has 41 heavy (non-hydrogen) atoms. The van der Waals surface area contributed by atoms with Crippen LogP contribution in [0.15, 0.2) is 96.2 Å². The number of benzene rings is 3. The van der Waals surface area contributed by atoms with Crippen molar-refractivity contribution in [1.29, 1.82) is 0 Å². The van der Waals surface area contributed by atoms with Gasteiger partial charge in [-0.15, -0.1) is 0 Å². The van der Waals surface area contributed by atoms with Crippen LogP contribution in [-0.4, -0.2) is 50.7 Å². The number of aryl methyl sites for hydroxylation is 1. The summed E-state index contributed by atoms with van der Waals surface area (Å²) in [4.78, 5) is 16.7. The summed E-state index contributed by atoms with van der Waals surface area (Å²) in [6.07, 6.45) is 4.26. The molecule has 0 saturated carbocycles. The van der Waals surface area contributed by atoms with Crippen LogP contribution in [0.25, 0.3) is 11.1 Å². The van der Waals surface area contributed by atoms with E-state index >= 15 is 0 Å². The van der Waals surface area contributed by atoms with Gasteiger partial charge in [0.15, 0.2) is 0 Å². The maximum atomic E-state index is 13.0. The Morgan fingerprint density at radius 1 is 1.07 bits per heavy atom. The van der Waals surface area contributed by atoms with Crippen molar-refractivity contribution in [3.8, 4) is 22.6 Å².